The van der Waals surface area contributed by atoms with Crippen LogP contribution in [0.2, 0.25) is 0 Å². The van der Waals surface area contributed by atoms with Crippen molar-refractivity contribution >= 4 is 0 Å². The van der Waals surface area contributed by atoms with Crippen molar-refractivity contribution in [2.75, 3.05) is 0 Å². The molecule has 0 radical (unpaired) electrons. The zero-order chi connectivity index (χ0) is 9.00. The minimum absolute atomic E-state index is 0.599. The van der Waals surface area contributed by atoms with Crippen molar-refractivity contribution in [1.82, 2.24) is 15.1 Å². The summed E-state index contributed by atoms with van der Waals surface area (Å²) < 4.78 is 2.07. The van der Waals surface area contributed by atoms with Crippen molar-refractivity contribution in [3.63, 3.8) is 0 Å². The summed E-state index contributed by atoms with van der Waals surface area (Å²) in [6, 6.07) is 1.31. The summed E-state index contributed by atoms with van der Waals surface area (Å²) >= 11 is 0. The fourth-order valence-corrected chi connectivity index (χ4v) is 2.86. The van der Waals surface area contributed by atoms with Crippen LogP contribution in [0.1, 0.15) is 35.8 Å². The van der Waals surface area contributed by atoms with Gasteiger partial charge >= 0.3 is 0 Å². The molecule has 1 saturated heterocycles. The smallest absolute Gasteiger partial charge is 0.0644 e. The van der Waals surface area contributed by atoms with E-state index in [-0.39, 0.29) is 0 Å². The molecule has 0 aromatic carbocycles. The van der Waals surface area contributed by atoms with Crippen molar-refractivity contribution in [3.05, 3.63) is 17.0 Å². The highest BCUT2D eigenvalue weighted by Gasteiger charge is 2.35. The number of hydrogen-bond acceptors (Lipinski definition) is 2. The van der Waals surface area contributed by atoms with Gasteiger partial charge in [0.25, 0.3) is 0 Å². The number of nitrogens with zero attached hydrogens (tertiary/aromatic N) is 2. The second kappa shape index (κ2) is 2.35. The van der Waals surface area contributed by atoms with Gasteiger partial charge < -0.3 is 5.32 Å². The van der Waals surface area contributed by atoms with Crippen LogP contribution in [-0.4, -0.2) is 15.8 Å². The number of aryl methyl sites for hydroxylation is 2. The molecular formula is C10H15N3. The quantitative estimate of drug-likeness (QED) is 0.642. The average molecular weight is 177 g/mol. The van der Waals surface area contributed by atoms with Crippen LogP contribution in [0.3, 0.4) is 0 Å². The maximum Gasteiger partial charge on any atom is 0.0644 e. The van der Waals surface area contributed by atoms with Gasteiger partial charge in [0.15, 0.2) is 0 Å². The van der Waals surface area contributed by atoms with Crippen LogP contribution >= 0.6 is 0 Å². The largest absolute Gasteiger partial charge is 0.307 e. The Kier molecular flexibility index (Phi) is 1.37. The van der Waals surface area contributed by atoms with Gasteiger partial charge in [-0.3, -0.25) is 4.68 Å². The van der Waals surface area contributed by atoms with Crippen molar-refractivity contribution < 1.29 is 0 Å². The Balaban J connectivity index is 2.18. The lowest BCUT2D eigenvalue weighted by Gasteiger charge is -2.22. The topological polar surface area (TPSA) is 29.9 Å². The van der Waals surface area contributed by atoms with Gasteiger partial charge in [0, 0.05) is 36.8 Å². The van der Waals surface area contributed by atoms with E-state index in [0.29, 0.717) is 12.1 Å². The fourth-order valence-electron chi connectivity index (χ4n) is 2.86. The van der Waals surface area contributed by atoms with Crippen molar-refractivity contribution in [2.45, 2.75) is 38.3 Å². The molecule has 3 rings (SSSR count). The zero-order valence-electron chi connectivity index (χ0n) is 8.17. The molecular weight excluding hydrogens is 162 g/mol. The first-order valence-electron chi connectivity index (χ1n) is 5.04. The minimum Gasteiger partial charge on any atom is -0.307 e. The highest BCUT2D eigenvalue weighted by Crippen LogP contribution is 2.37. The third kappa shape index (κ3) is 0.908. The standard InChI is InChI=1S/C10H15N3/c1-6-10-8-4-3-7(11-8)5-9(10)13(2)12-6/h7-8,11H,3-5H2,1-2H3/t7-,8-/m1/s1. The lowest BCUT2D eigenvalue weighted by molar-refractivity contribution is 0.497. The van der Waals surface area contributed by atoms with Gasteiger partial charge in [-0.05, 0) is 19.8 Å². The molecule has 0 aliphatic carbocycles. The number of fused-ring (bicyclic) bond motifs is 4. The molecule has 3 heteroatoms. The van der Waals surface area contributed by atoms with E-state index in [1.165, 1.54) is 36.2 Å². The Labute approximate surface area is 78.1 Å². The van der Waals surface area contributed by atoms with E-state index < -0.39 is 0 Å². The van der Waals surface area contributed by atoms with E-state index in [1.54, 1.807) is 0 Å². The van der Waals surface area contributed by atoms with Gasteiger partial charge in [-0.15, -0.1) is 0 Å². The lowest BCUT2D eigenvalue weighted by Crippen LogP contribution is -2.32. The fraction of sp³-hybridized carbons (Fsp3) is 0.700. The zero-order valence-corrected chi connectivity index (χ0v) is 8.17. The first-order chi connectivity index (χ1) is 6.25. The van der Waals surface area contributed by atoms with E-state index in [2.05, 4.69) is 29.1 Å². The number of nitrogens with one attached hydrogen (secondary N) is 1. The van der Waals surface area contributed by atoms with E-state index in [1.807, 2.05) is 0 Å². The molecule has 70 valence electrons. The van der Waals surface area contributed by atoms with E-state index in [4.69, 9.17) is 0 Å². The summed E-state index contributed by atoms with van der Waals surface area (Å²) in [5.74, 6) is 0. The summed E-state index contributed by atoms with van der Waals surface area (Å²) in [7, 11) is 2.07. The Bertz CT molecular complexity index is 353. The molecule has 2 aliphatic heterocycles. The molecule has 0 spiro atoms. The highest BCUT2D eigenvalue weighted by molar-refractivity contribution is 5.34. The molecule has 2 bridgehead atoms. The van der Waals surface area contributed by atoms with Crippen LogP contribution < -0.4 is 5.32 Å². The monoisotopic (exact) mass is 177 g/mol. The Morgan fingerprint density at radius 3 is 3.15 bits per heavy atom. The molecule has 2 aliphatic rings. The maximum absolute atomic E-state index is 4.49. The molecule has 1 aromatic rings. The van der Waals surface area contributed by atoms with Gasteiger partial charge in [0.2, 0.25) is 0 Å². The van der Waals surface area contributed by atoms with Crippen LogP contribution in [0.15, 0.2) is 0 Å². The molecule has 13 heavy (non-hydrogen) atoms. The molecule has 2 atom stereocenters. The van der Waals surface area contributed by atoms with Crippen LogP contribution in [0, 0.1) is 6.92 Å². The number of aromatic nitrogens is 2. The predicted molar refractivity (Wildman–Crippen MR) is 50.5 cm³/mol. The maximum atomic E-state index is 4.49. The molecule has 3 nitrogen and oxygen atoms in total. The minimum atomic E-state index is 0.599. The normalized spacial score (nSPS) is 30.6. The molecule has 0 amide bonds. The van der Waals surface area contributed by atoms with E-state index in [0.717, 1.165) is 0 Å². The second-order valence-electron chi connectivity index (χ2n) is 4.27. The average Bonchev–Trinajstić information content (AvgIpc) is 2.58. The third-order valence-electron chi connectivity index (χ3n) is 3.42. The van der Waals surface area contributed by atoms with Crippen LogP contribution in [0.4, 0.5) is 0 Å². The van der Waals surface area contributed by atoms with Crippen LogP contribution in [0.5, 0.6) is 0 Å². The number of rotatable bonds is 0. The molecule has 3 heterocycles. The van der Waals surface area contributed by atoms with Crippen molar-refractivity contribution in [1.29, 1.82) is 0 Å². The summed E-state index contributed by atoms with van der Waals surface area (Å²) in [5.41, 5.74) is 4.16. The number of hydrogen-bond donors (Lipinski definition) is 1. The second-order valence-corrected chi connectivity index (χ2v) is 4.27. The Hall–Kier alpha value is -0.830. The van der Waals surface area contributed by atoms with Gasteiger partial charge in [-0.1, -0.05) is 0 Å². The van der Waals surface area contributed by atoms with Crippen LogP contribution in [0.25, 0.3) is 0 Å². The van der Waals surface area contributed by atoms with Crippen molar-refractivity contribution in [2.24, 2.45) is 7.05 Å². The van der Waals surface area contributed by atoms with Crippen LogP contribution in [-0.2, 0) is 13.5 Å². The molecule has 0 unspecified atom stereocenters. The predicted octanol–water partition coefficient (Wildman–Crippen LogP) is 1.08. The third-order valence-corrected chi connectivity index (χ3v) is 3.42. The van der Waals surface area contributed by atoms with Gasteiger partial charge in [0.05, 0.1) is 5.69 Å². The van der Waals surface area contributed by atoms with Gasteiger partial charge in [-0.25, -0.2) is 0 Å². The first kappa shape index (κ1) is 7.56. The highest BCUT2D eigenvalue weighted by atomic mass is 15.3. The Morgan fingerprint density at radius 2 is 2.31 bits per heavy atom. The summed E-state index contributed by atoms with van der Waals surface area (Å²) in [6.07, 6.45) is 3.80. The first-order valence-corrected chi connectivity index (χ1v) is 5.04. The molecule has 1 aromatic heterocycles. The van der Waals surface area contributed by atoms with Gasteiger partial charge in [0.1, 0.15) is 0 Å². The van der Waals surface area contributed by atoms with Gasteiger partial charge in [-0.2, -0.15) is 5.10 Å². The summed E-state index contributed by atoms with van der Waals surface area (Å²) in [6.45, 7) is 2.12. The summed E-state index contributed by atoms with van der Waals surface area (Å²) in [4.78, 5) is 0. The summed E-state index contributed by atoms with van der Waals surface area (Å²) in [5, 5.41) is 8.14. The Morgan fingerprint density at radius 1 is 1.46 bits per heavy atom. The molecule has 0 saturated carbocycles. The van der Waals surface area contributed by atoms with E-state index in [9.17, 15) is 0 Å². The molecule has 1 fully saturated rings. The van der Waals surface area contributed by atoms with Crippen molar-refractivity contribution in [3.8, 4) is 0 Å². The lowest BCUT2D eigenvalue weighted by atomic mass is 10.0. The molecule has 1 N–H and O–H groups in total. The van der Waals surface area contributed by atoms with E-state index >= 15 is 0 Å². The SMILES string of the molecule is Cc1nn(C)c2c1[C@H]1CC[C@H](C2)N1.